The zero-order chi connectivity index (χ0) is 14.4. The maximum atomic E-state index is 12.4. The zero-order valence-electron chi connectivity index (χ0n) is 12.5. The molecule has 1 fully saturated rings. The van der Waals surface area contributed by atoms with Crippen LogP contribution < -0.4 is 5.32 Å². The molecule has 1 amide bonds. The van der Waals surface area contributed by atoms with Gasteiger partial charge in [-0.1, -0.05) is 6.07 Å². The van der Waals surface area contributed by atoms with E-state index in [2.05, 4.69) is 34.7 Å². The fourth-order valence-corrected chi connectivity index (χ4v) is 3.29. The van der Waals surface area contributed by atoms with Crippen LogP contribution in [0.3, 0.4) is 0 Å². The number of nitrogens with one attached hydrogen (secondary N) is 1. The molecule has 0 bridgehead atoms. The predicted octanol–water partition coefficient (Wildman–Crippen LogP) is 1.43. The third-order valence-electron chi connectivity index (χ3n) is 3.92. The first-order chi connectivity index (χ1) is 9.66. The van der Waals surface area contributed by atoms with Crippen LogP contribution in [0.2, 0.25) is 0 Å². The van der Waals surface area contributed by atoms with Crippen molar-refractivity contribution in [1.82, 2.24) is 15.1 Å². The Labute approximate surface area is 125 Å². The fourth-order valence-electron chi connectivity index (χ4n) is 2.47. The van der Waals surface area contributed by atoms with Gasteiger partial charge in [-0.05, 0) is 37.9 Å². The van der Waals surface area contributed by atoms with Gasteiger partial charge in [0, 0.05) is 37.5 Å². The summed E-state index contributed by atoms with van der Waals surface area (Å²) in [6.45, 7) is 6.72. The van der Waals surface area contributed by atoms with Crippen LogP contribution in [-0.4, -0.2) is 61.5 Å². The van der Waals surface area contributed by atoms with Crippen molar-refractivity contribution in [3.63, 3.8) is 0 Å². The van der Waals surface area contributed by atoms with Gasteiger partial charge in [-0.25, -0.2) is 0 Å². The van der Waals surface area contributed by atoms with Gasteiger partial charge >= 0.3 is 0 Å². The van der Waals surface area contributed by atoms with E-state index in [9.17, 15) is 4.79 Å². The van der Waals surface area contributed by atoms with Crippen molar-refractivity contribution in [2.45, 2.75) is 25.8 Å². The van der Waals surface area contributed by atoms with Gasteiger partial charge in [-0.15, -0.1) is 11.3 Å². The molecule has 1 aromatic heterocycles. The lowest BCUT2D eigenvalue weighted by atomic mass is 10.2. The topological polar surface area (TPSA) is 35.6 Å². The van der Waals surface area contributed by atoms with Crippen LogP contribution in [0.4, 0.5) is 0 Å². The van der Waals surface area contributed by atoms with E-state index < -0.39 is 0 Å². The second-order valence-corrected chi connectivity index (χ2v) is 6.55. The number of amides is 1. The third kappa shape index (κ3) is 4.58. The van der Waals surface area contributed by atoms with Crippen molar-refractivity contribution in [2.75, 3.05) is 39.8 Å². The van der Waals surface area contributed by atoms with E-state index in [1.54, 1.807) is 11.3 Å². The second kappa shape index (κ2) is 7.76. The number of nitrogens with zero attached hydrogens (tertiary/aromatic N) is 2. The molecular formula is C15H25N3OS. The molecule has 0 radical (unpaired) electrons. The average Bonchev–Trinajstić information content (AvgIpc) is 2.81. The van der Waals surface area contributed by atoms with Crippen LogP contribution in [-0.2, 0) is 11.2 Å². The molecule has 1 atom stereocenters. The van der Waals surface area contributed by atoms with Crippen molar-refractivity contribution < 1.29 is 4.79 Å². The summed E-state index contributed by atoms with van der Waals surface area (Å²) < 4.78 is 0. The first kappa shape index (κ1) is 15.5. The van der Waals surface area contributed by atoms with E-state index >= 15 is 0 Å². The van der Waals surface area contributed by atoms with Crippen LogP contribution in [0.15, 0.2) is 17.5 Å². The number of likely N-dealkylation sites (N-methyl/N-ethyl adjacent to an activating group) is 1. The Morgan fingerprint density at radius 1 is 1.50 bits per heavy atom. The van der Waals surface area contributed by atoms with Gasteiger partial charge in [0.1, 0.15) is 0 Å². The Kier molecular flexibility index (Phi) is 6.01. The molecule has 0 spiro atoms. The highest BCUT2D eigenvalue weighted by Gasteiger charge is 2.19. The summed E-state index contributed by atoms with van der Waals surface area (Å²) in [6.07, 6.45) is 2.07. The number of thiophene rings is 1. The Morgan fingerprint density at radius 2 is 2.35 bits per heavy atom. The number of carbonyl (C=O) groups is 1. The van der Waals surface area contributed by atoms with Crippen LogP contribution in [0, 0.1) is 0 Å². The molecule has 0 aromatic carbocycles. The normalized spacial score (nSPS) is 18.5. The summed E-state index contributed by atoms with van der Waals surface area (Å²) in [4.78, 5) is 17.9. The zero-order valence-corrected chi connectivity index (χ0v) is 13.3. The van der Waals surface area contributed by atoms with Gasteiger partial charge in [0.2, 0.25) is 5.91 Å². The lowest BCUT2D eigenvalue weighted by Gasteiger charge is -2.28. The molecule has 112 valence electrons. The minimum atomic E-state index is 0.232. The molecule has 1 aliphatic rings. The van der Waals surface area contributed by atoms with E-state index in [0.29, 0.717) is 6.54 Å². The predicted molar refractivity (Wildman–Crippen MR) is 84.2 cm³/mol. The largest absolute Gasteiger partial charge is 0.342 e. The third-order valence-corrected chi connectivity index (χ3v) is 4.82. The highest BCUT2D eigenvalue weighted by atomic mass is 32.1. The summed E-state index contributed by atoms with van der Waals surface area (Å²) in [6, 6.07) is 4.46. The second-order valence-electron chi connectivity index (χ2n) is 5.52. The van der Waals surface area contributed by atoms with Crippen molar-refractivity contribution in [3.8, 4) is 0 Å². The minimum Gasteiger partial charge on any atom is -0.342 e. The number of hydrogen-bond donors (Lipinski definition) is 1. The van der Waals surface area contributed by atoms with E-state index in [1.165, 1.54) is 4.88 Å². The van der Waals surface area contributed by atoms with Gasteiger partial charge in [0.15, 0.2) is 0 Å². The average molecular weight is 295 g/mol. The first-order valence-electron chi connectivity index (χ1n) is 7.38. The van der Waals surface area contributed by atoms with Gasteiger partial charge in [0.05, 0.1) is 6.54 Å². The SMILES string of the molecule is CC(Cc1cccs1)N(C)C(=O)CN1CCCNCC1. The molecular weight excluding hydrogens is 270 g/mol. The number of rotatable bonds is 5. The summed E-state index contributed by atoms with van der Waals surface area (Å²) in [5, 5.41) is 5.46. The lowest BCUT2D eigenvalue weighted by Crippen LogP contribution is -2.43. The first-order valence-corrected chi connectivity index (χ1v) is 8.26. The van der Waals surface area contributed by atoms with E-state index in [1.807, 2.05) is 11.9 Å². The fraction of sp³-hybridized carbons (Fsp3) is 0.667. The highest BCUT2D eigenvalue weighted by Crippen LogP contribution is 2.13. The molecule has 1 aliphatic heterocycles. The smallest absolute Gasteiger partial charge is 0.236 e. The number of hydrogen-bond acceptors (Lipinski definition) is 4. The maximum Gasteiger partial charge on any atom is 0.236 e. The molecule has 2 rings (SSSR count). The highest BCUT2D eigenvalue weighted by molar-refractivity contribution is 7.09. The summed E-state index contributed by atoms with van der Waals surface area (Å²) in [5.41, 5.74) is 0. The molecule has 0 aliphatic carbocycles. The Balaban J connectivity index is 1.81. The van der Waals surface area contributed by atoms with Crippen molar-refractivity contribution >= 4 is 17.2 Å². The quantitative estimate of drug-likeness (QED) is 0.893. The van der Waals surface area contributed by atoms with Crippen LogP contribution in [0.5, 0.6) is 0 Å². The molecule has 1 aromatic rings. The molecule has 5 heteroatoms. The summed E-state index contributed by atoms with van der Waals surface area (Å²) in [7, 11) is 1.93. The maximum absolute atomic E-state index is 12.4. The van der Waals surface area contributed by atoms with Crippen molar-refractivity contribution in [1.29, 1.82) is 0 Å². The Morgan fingerprint density at radius 3 is 3.10 bits per heavy atom. The van der Waals surface area contributed by atoms with Crippen molar-refractivity contribution in [3.05, 3.63) is 22.4 Å². The lowest BCUT2D eigenvalue weighted by molar-refractivity contribution is -0.132. The van der Waals surface area contributed by atoms with Gasteiger partial charge < -0.3 is 10.2 Å². The van der Waals surface area contributed by atoms with Crippen LogP contribution in [0.1, 0.15) is 18.2 Å². The molecule has 4 nitrogen and oxygen atoms in total. The van der Waals surface area contributed by atoms with Gasteiger partial charge in [0.25, 0.3) is 0 Å². The summed E-state index contributed by atoms with van der Waals surface area (Å²) in [5.74, 6) is 0.232. The van der Waals surface area contributed by atoms with Crippen LogP contribution >= 0.6 is 11.3 Å². The van der Waals surface area contributed by atoms with Crippen LogP contribution in [0.25, 0.3) is 0 Å². The standard InChI is InChI=1S/C15H25N3OS/c1-13(11-14-5-3-10-20-14)17(2)15(19)12-18-8-4-6-16-7-9-18/h3,5,10,13,16H,4,6-9,11-12H2,1-2H3. The van der Waals surface area contributed by atoms with Gasteiger partial charge in [-0.2, -0.15) is 0 Å². The van der Waals surface area contributed by atoms with E-state index in [-0.39, 0.29) is 11.9 Å². The minimum absolute atomic E-state index is 0.232. The number of carbonyl (C=O) groups excluding carboxylic acids is 1. The Bertz CT molecular complexity index is 399. The van der Waals surface area contributed by atoms with E-state index in [0.717, 1.165) is 39.0 Å². The molecule has 20 heavy (non-hydrogen) atoms. The van der Waals surface area contributed by atoms with Gasteiger partial charge in [-0.3, -0.25) is 9.69 Å². The molecule has 1 N–H and O–H groups in total. The Hall–Kier alpha value is -0.910. The molecule has 1 unspecified atom stereocenters. The monoisotopic (exact) mass is 295 g/mol. The van der Waals surface area contributed by atoms with E-state index in [4.69, 9.17) is 0 Å². The summed E-state index contributed by atoms with van der Waals surface area (Å²) >= 11 is 1.76. The molecule has 2 heterocycles. The van der Waals surface area contributed by atoms with Crippen molar-refractivity contribution in [2.24, 2.45) is 0 Å². The molecule has 1 saturated heterocycles. The molecule has 0 saturated carbocycles.